The summed E-state index contributed by atoms with van der Waals surface area (Å²) in [4.78, 5) is 15.1. The van der Waals surface area contributed by atoms with Crippen molar-refractivity contribution in [1.82, 2.24) is 4.90 Å². The predicted octanol–water partition coefficient (Wildman–Crippen LogP) is 3.81. The highest BCUT2D eigenvalue weighted by atomic mass is 35.5. The number of halogens is 1. The number of rotatable bonds is 3. The van der Waals surface area contributed by atoms with Gasteiger partial charge in [-0.1, -0.05) is 23.7 Å². The van der Waals surface area contributed by atoms with Gasteiger partial charge in [0.15, 0.2) is 11.5 Å². The number of hydrogen-bond acceptors (Lipinski definition) is 5. The number of nitrogens with zero attached hydrogens (tertiary/aromatic N) is 1. The van der Waals surface area contributed by atoms with Crippen LogP contribution < -0.4 is 14.8 Å². The number of fused-ring (bicyclic) bond motifs is 2. The molecule has 0 saturated carbocycles. The minimum Gasteiger partial charge on any atom is -0.454 e. The minimum absolute atomic E-state index is 0.0151. The Kier molecular flexibility index (Phi) is 4.10. The van der Waals surface area contributed by atoms with E-state index in [0.717, 1.165) is 30.7 Å². The van der Waals surface area contributed by atoms with Gasteiger partial charge in [0.25, 0.3) is 5.91 Å². The number of anilines is 1. The van der Waals surface area contributed by atoms with Crippen molar-refractivity contribution in [3.63, 3.8) is 0 Å². The van der Waals surface area contributed by atoms with Crippen LogP contribution in [0.25, 0.3) is 0 Å². The van der Waals surface area contributed by atoms with Crippen LogP contribution in [0.5, 0.6) is 11.5 Å². The van der Waals surface area contributed by atoms with Gasteiger partial charge in [-0.3, -0.25) is 4.79 Å². The highest BCUT2D eigenvalue weighted by molar-refractivity contribution is 6.32. The standard InChI is InChI=1S/C20H19ClN2O4/c21-15-8-12(9-17-18(15)27-11-26-17)19-22-16-6-2-1-5-14(16)20(24)23(19)10-13-4-3-7-25-13/h1-2,5-6,8-9,13,19,22H,3-4,7,10-11H2/t13-,19+/m1/s1. The average molecular weight is 387 g/mol. The van der Waals surface area contributed by atoms with Gasteiger partial charge in [-0.2, -0.15) is 0 Å². The Morgan fingerprint density at radius 2 is 2.11 bits per heavy atom. The Labute approximate surface area is 162 Å². The summed E-state index contributed by atoms with van der Waals surface area (Å²) < 4.78 is 16.7. The van der Waals surface area contributed by atoms with Gasteiger partial charge < -0.3 is 24.4 Å². The largest absolute Gasteiger partial charge is 0.454 e. The summed E-state index contributed by atoms with van der Waals surface area (Å²) in [5.41, 5.74) is 2.33. The van der Waals surface area contributed by atoms with Crippen molar-refractivity contribution < 1.29 is 19.0 Å². The molecular formula is C20H19ClN2O4. The van der Waals surface area contributed by atoms with Crippen LogP contribution >= 0.6 is 11.6 Å². The third-order valence-electron chi connectivity index (χ3n) is 5.21. The molecule has 3 aliphatic rings. The summed E-state index contributed by atoms with van der Waals surface area (Å²) in [6, 6.07) is 11.3. The molecule has 5 rings (SSSR count). The fraction of sp³-hybridized carbons (Fsp3) is 0.350. The van der Waals surface area contributed by atoms with E-state index in [1.807, 2.05) is 41.3 Å². The van der Waals surface area contributed by atoms with E-state index in [-0.39, 0.29) is 25.0 Å². The SMILES string of the molecule is O=C1c2ccccc2N[C@H](c2cc(Cl)c3c(c2)OCO3)N1C[C@H]1CCCO1. The van der Waals surface area contributed by atoms with Crippen LogP contribution in [0.2, 0.25) is 5.02 Å². The second-order valence-corrected chi connectivity index (χ2v) is 7.33. The Bertz CT molecular complexity index is 898. The molecule has 7 heteroatoms. The number of para-hydroxylation sites is 1. The first-order chi connectivity index (χ1) is 13.2. The Morgan fingerprint density at radius 1 is 1.22 bits per heavy atom. The van der Waals surface area contributed by atoms with E-state index >= 15 is 0 Å². The number of hydrogen-bond donors (Lipinski definition) is 1. The van der Waals surface area contributed by atoms with Crippen molar-refractivity contribution in [3.8, 4) is 11.5 Å². The second-order valence-electron chi connectivity index (χ2n) is 6.92. The van der Waals surface area contributed by atoms with Gasteiger partial charge in [-0.05, 0) is 37.1 Å². The molecule has 6 nitrogen and oxygen atoms in total. The number of carbonyl (C=O) groups is 1. The van der Waals surface area contributed by atoms with Crippen LogP contribution in [0.3, 0.4) is 0 Å². The van der Waals surface area contributed by atoms with Crippen molar-refractivity contribution in [2.24, 2.45) is 0 Å². The van der Waals surface area contributed by atoms with Gasteiger partial charge in [0.05, 0.1) is 16.7 Å². The summed E-state index contributed by atoms with van der Waals surface area (Å²) in [7, 11) is 0. The quantitative estimate of drug-likeness (QED) is 0.869. The van der Waals surface area contributed by atoms with E-state index in [1.165, 1.54) is 0 Å². The van der Waals surface area contributed by atoms with Gasteiger partial charge in [0, 0.05) is 24.4 Å². The van der Waals surface area contributed by atoms with Crippen LogP contribution in [0.4, 0.5) is 5.69 Å². The predicted molar refractivity (Wildman–Crippen MR) is 100 cm³/mol. The lowest BCUT2D eigenvalue weighted by molar-refractivity contribution is 0.0427. The summed E-state index contributed by atoms with van der Waals surface area (Å²) in [5.74, 6) is 1.13. The molecule has 0 bridgehead atoms. The van der Waals surface area contributed by atoms with Crippen LogP contribution in [-0.4, -0.2) is 36.9 Å². The molecule has 1 fully saturated rings. The smallest absolute Gasteiger partial charge is 0.257 e. The molecule has 0 aliphatic carbocycles. The van der Waals surface area contributed by atoms with Crippen molar-refractivity contribution in [2.45, 2.75) is 25.1 Å². The molecule has 1 saturated heterocycles. The van der Waals surface area contributed by atoms with Crippen molar-refractivity contribution in [2.75, 3.05) is 25.3 Å². The molecule has 0 aromatic heterocycles. The van der Waals surface area contributed by atoms with Crippen molar-refractivity contribution >= 4 is 23.2 Å². The molecule has 0 spiro atoms. The van der Waals surface area contributed by atoms with E-state index in [9.17, 15) is 4.79 Å². The first-order valence-electron chi connectivity index (χ1n) is 9.08. The topological polar surface area (TPSA) is 60.0 Å². The normalized spacial score (nSPS) is 23.3. The molecule has 3 heterocycles. The van der Waals surface area contributed by atoms with Gasteiger partial charge in [-0.15, -0.1) is 0 Å². The van der Waals surface area contributed by atoms with Crippen LogP contribution in [-0.2, 0) is 4.74 Å². The van der Waals surface area contributed by atoms with Gasteiger partial charge in [0.1, 0.15) is 6.17 Å². The zero-order valence-electron chi connectivity index (χ0n) is 14.6. The first kappa shape index (κ1) is 16.7. The van der Waals surface area contributed by atoms with Crippen LogP contribution in [0.1, 0.15) is 34.9 Å². The van der Waals surface area contributed by atoms with Gasteiger partial charge in [-0.25, -0.2) is 0 Å². The highest BCUT2D eigenvalue weighted by Gasteiger charge is 2.36. The summed E-state index contributed by atoms with van der Waals surface area (Å²) in [6.45, 7) is 1.42. The maximum Gasteiger partial charge on any atom is 0.257 e. The summed E-state index contributed by atoms with van der Waals surface area (Å²) in [5, 5.41) is 3.96. The van der Waals surface area contributed by atoms with E-state index < -0.39 is 0 Å². The maximum atomic E-state index is 13.2. The van der Waals surface area contributed by atoms with Crippen molar-refractivity contribution in [3.05, 3.63) is 52.5 Å². The Hall–Kier alpha value is -2.44. The lowest BCUT2D eigenvalue weighted by Gasteiger charge is -2.39. The molecule has 2 aromatic carbocycles. The summed E-state index contributed by atoms with van der Waals surface area (Å²) in [6.07, 6.45) is 1.67. The lowest BCUT2D eigenvalue weighted by atomic mass is 10.0. The van der Waals surface area contributed by atoms with E-state index in [1.54, 1.807) is 0 Å². The third kappa shape index (κ3) is 2.89. The fourth-order valence-electron chi connectivity index (χ4n) is 3.90. The number of ether oxygens (including phenoxy) is 3. The average Bonchev–Trinajstić information content (AvgIpc) is 3.35. The monoisotopic (exact) mass is 386 g/mol. The molecule has 0 radical (unpaired) electrons. The molecule has 1 amide bonds. The van der Waals surface area contributed by atoms with Crippen molar-refractivity contribution in [1.29, 1.82) is 0 Å². The molecule has 27 heavy (non-hydrogen) atoms. The molecule has 2 atom stereocenters. The Morgan fingerprint density at radius 3 is 2.96 bits per heavy atom. The molecule has 2 aromatic rings. The number of benzene rings is 2. The number of carbonyl (C=O) groups excluding carboxylic acids is 1. The van der Waals surface area contributed by atoms with Gasteiger partial charge >= 0.3 is 0 Å². The first-order valence-corrected chi connectivity index (χ1v) is 9.45. The van der Waals surface area contributed by atoms with Crippen LogP contribution in [0, 0.1) is 0 Å². The van der Waals surface area contributed by atoms with E-state index in [2.05, 4.69) is 5.32 Å². The molecule has 0 unspecified atom stereocenters. The molecule has 1 N–H and O–H groups in total. The number of nitrogens with one attached hydrogen (secondary N) is 1. The summed E-state index contributed by atoms with van der Waals surface area (Å²) >= 11 is 6.39. The lowest BCUT2D eigenvalue weighted by Crippen LogP contribution is -2.46. The minimum atomic E-state index is -0.358. The maximum absolute atomic E-state index is 13.2. The van der Waals surface area contributed by atoms with Gasteiger partial charge in [0.2, 0.25) is 6.79 Å². The number of amides is 1. The molecular weight excluding hydrogens is 368 g/mol. The zero-order chi connectivity index (χ0) is 18.4. The highest BCUT2D eigenvalue weighted by Crippen LogP contribution is 2.43. The van der Waals surface area contributed by atoms with E-state index in [0.29, 0.717) is 28.6 Å². The third-order valence-corrected chi connectivity index (χ3v) is 5.49. The molecule has 3 aliphatic heterocycles. The molecule has 140 valence electrons. The van der Waals surface area contributed by atoms with E-state index in [4.69, 9.17) is 25.8 Å². The Balaban J connectivity index is 1.55. The van der Waals surface area contributed by atoms with Crippen LogP contribution in [0.15, 0.2) is 36.4 Å². The second kappa shape index (κ2) is 6.62. The fourth-order valence-corrected chi connectivity index (χ4v) is 4.17. The zero-order valence-corrected chi connectivity index (χ0v) is 15.4.